The number of benzene rings is 1. The van der Waals surface area contributed by atoms with Crippen molar-refractivity contribution in [2.75, 3.05) is 19.8 Å². The molecule has 0 amide bonds. The van der Waals surface area contributed by atoms with Gasteiger partial charge in [0.1, 0.15) is 5.82 Å². The van der Waals surface area contributed by atoms with Gasteiger partial charge in [-0.3, -0.25) is 0 Å². The first-order chi connectivity index (χ1) is 9.79. The van der Waals surface area contributed by atoms with E-state index in [0.29, 0.717) is 18.8 Å². The lowest BCUT2D eigenvalue weighted by Gasteiger charge is -2.22. The van der Waals surface area contributed by atoms with Gasteiger partial charge in [0.2, 0.25) is 0 Å². The summed E-state index contributed by atoms with van der Waals surface area (Å²) in [7, 11) is 0. The van der Waals surface area contributed by atoms with Crippen molar-refractivity contribution < 1.29 is 13.9 Å². The fraction of sp³-hybridized carbons (Fsp3) is 0.625. The van der Waals surface area contributed by atoms with Gasteiger partial charge in [-0.1, -0.05) is 13.0 Å². The number of ether oxygens (including phenoxy) is 2. The minimum Gasteiger partial charge on any atom is -0.376 e. The van der Waals surface area contributed by atoms with Crippen molar-refractivity contribution in [3.8, 4) is 0 Å². The van der Waals surface area contributed by atoms with E-state index in [2.05, 4.69) is 12.2 Å². The summed E-state index contributed by atoms with van der Waals surface area (Å²) in [4.78, 5) is 0. The molecule has 1 aliphatic rings. The molecule has 1 aromatic carbocycles. The second kappa shape index (κ2) is 8.35. The van der Waals surface area contributed by atoms with Gasteiger partial charge in [0.15, 0.2) is 0 Å². The Bertz CT molecular complexity index is 405. The Morgan fingerprint density at radius 3 is 3.05 bits per heavy atom. The van der Waals surface area contributed by atoms with Crippen molar-refractivity contribution in [2.45, 2.75) is 45.4 Å². The second-order valence-electron chi connectivity index (χ2n) is 5.21. The van der Waals surface area contributed by atoms with Crippen LogP contribution in [0.5, 0.6) is 0 Å². The highest BCUT2D eigenvalue weighted by Crippen LogP contribution is 2.15. The molecule has 1 aromatic rings. The molecule has 1 unspecified atom stereocenters. The van der Waals surface area contributed by atoms with E-state index in [-0.39, 0.29) is 11.9 Å². The zero-order valence-corrected chi connectivity index (χ0v) is 12.2. The monoisotopic (exact) mass is 281 g/mol. The van der Waals surface area contributed by atoms with E-state index < -0.39 is 0 Å². The number of nitrogens with one attached hydrogen (secondary N) is 1. The van der Waals surface area contributed by atoms with Crippen molar-refractivity contribution >= 4 is 0 Å². The van der Waals surface area contributed by atoms with Gasteiger partial charge in [-0.25, -0.2) is 4.39 Å². The van der Waals surface area contributed by atoms with E-state index in [1.807, 2.05) is 12.1 Å². The van der Waals surface area contributed by atoms with E-state index in [0.717, 1.165) is 38.1 Å². The lowest BCUT2D eigenvalue weighted by molar-refractivity contribution is -0.0451. The summed E-state index contributed by atoms with van der Waals surface area (Å²) in [5, 5.41) is 3.24. The normalized spacial score (nSPS) is 19.2. The van der Waals surface area contributed by atoms with Crippen LogP contribution in [0.15, 0.2) is 18.2 Å². The molecule has 1 fully saturated rings. The standard InChI is InChI=1S/C16H24FNO2/c1-2-18-10-13-6-7-16(17)14(9-13)11-19-12-15-5-3-4-8-20-15/h6-7,9,15,18H,2-5,8,10-12H2,1H3. The molecule has 0 radical (unpaired) electrons. The lowest BCUT2D eigenvalue weighted by Crippen LogP contribution is -2.24. The van der Waals surface area contributed by atoms with E-state index in [1.54, 1.807) is 0 Å². The average Bonchev–Trinajstić information content (AvgIpc) is 2.49. The topological polar surface area (TPSA) is 30.5 Å². The SMILES string of the molecule is CCNCc1ccc(F)c(COCC2CCCCO2)c1. The third-order valence-electron chi connectivity index (χ3n) is 3.52. The van der Waals surface area contributed by atoms with Gasteiger partial charge in [0.05, 0.1) is 19.3 Å². The molecule has 3 nitrogen and oxygen atoms in total. The minimum atomic E-state index is -0.199. The van der Waals surface area contributed by atoms with E-state index in [9.17, 15) is 4.39 Å². The number of hydrogen-bond acceptors (Lipinski definition) is 3. The molecular formula is C16H24FNO2. The van der Waals surface area contributed by atoms with Crippen LogP contribution >= 0.6 is 0 Å². The first-order valence-corrected chi connectivity index (χ1v) is 7.47. The zero-order chi connectivity index (χ0) is 14.2. The summed E-state index contributed by atoms with van der Waals surface area (Å²) < 4.78 is 24.9. The van der Waals surface area contributed by atoms with Crippen LogP contribution in [0, 0.1) is 5.82 Å². The van der Waals surface area contributed by atoms with Crippen LogP contribution in [-0.4, -0.2) is 25.9 Å². The van der Waals surface area contributed by atoms with Gasteiger partial charge in [0, 0.05) is 18.7 Å². The number of halogens is 1. The zero-order valence-electron chi connectivity index (χ0n) is 12.2. The molecule has 0 saturated carbocycles. The fourth-order valence-corrected chi connectivity index (χ4v) is 2.36. The van der Waals surface area contributed by atoms with Crippen LogP contribution in [0.3, 0.4) is 0 Å². The Hall–Kier alpha value is -0.970. The largest absolute Gasteiger partial charge is 0.376 e. The molecule has 20 heavy (non-hydrogen) atoms. The van der Waals surface area contributed by atoms with Crippen molar-refractivity contribution in [3.63, 3.8) is 0 Å². The Balaban J connectivity index is 1.81. The average molecular weight is 281 g/mol. The molecule has 0 bridgehead atoms. The maximum Gasteiger partial charge on any atom is 0.128 e. The summed E-state index contributed by atoms with van der Waals surface area (Å²) in [6, 6.07) is 5.20. The van der Waals surface area contributed by atoms with Crippen molar-refractivity contribution in [3.05, 3.63) is 35.1 Å². The van der Waals surface area contributed by atoms with Crippen molar-refractivity contribution in [1.82, 2.24) is 5.32 Å². The van der Waals surface area contributed by atoms with Gasteiger partial charge in [-0.05, 0) is 43.5 Å². The van der Waals surface area contributed by atoms with Crippen LogP contribution in [0.1, 0.15) is 37.3 Å². The summed E-state index contributed by atoms with van der Waals surface area (Å²) >= 11 is 0. The first kappa shape index (κ1) is 15.4. The Labute approximate surface area is 120 Å². The molecule has 0 spiro atoms. The Morgan fingerprint density at radius 1 is 1.40 bits per heavy atom. The van der Waals surface area contributed by atoms with Gasteiger partial charge in [0.25, 0.3) is 0 Å². The predicted molar refractivity (Wildman–Crippen MR) is 77.0 cm³/mol. The molecule has 2 rings (SSSR count). The molecule has 1 N–H and O–H groups in total. The van der Waals surface area contributed by atoms with Crippen LogP contribution in [0.4, 0.5) is 4.39 Å². The Kier molecular flexibility index (Phi) is 6.43. The Morgan fingerprint density at radius 2 is 2.30 bits per heavy atom. The minimum absolute atomic E-state index is 0.178. The maximum absolute atomic E-state index is 13.7. The summed E-state index contributed by atoms with van der Waals surface area (Å²) in [6.45, 7) is 5.40. The number of hydrogen-bond donors (Lipinski definition) is 1. The highest BCUT2D eigenvalue weighted by atomic mass is 19.1. The first-order valence-electron chi connectivity index (χ1n) is 7.47. The third kappa shape index (κ3) is 4.85. The maximum atomic E-state index is 13.7. The highest BCUT2D eigenvalue weighted by Gasteiger charge is 2.14. The molecule has 0 aromatic heterocycles. The number of rotatable bonds is 7. The van der Waals surface area contributed by atoms with E-state index in [1.165, 1.54) is 12.5 Å². The van der Waals surface area contributed by atoms with Gasteiger partial charge in [-0.2, -0.15) is 0 Å². The molecule has 1 aliphatic heterocycles. The third-order valence-corrected chi connectivity index (χ3v) is 3.52. The summed E-state index contributed by atoms with van der Waals surface area (Å²) in [6.07, 6.45) is 3.55. The smallest absolute Gasteiger partial charge is 0.128 e. The molecule has 4 heteroatoms. The quantitative estimate of drug-likeness (QED) is 0.833. The van der Waals surface area contributed by atoms with Crippen LogP contribution < -0.4 is 5.32 Å². The second-order valence-corrected chi connectivity index (χ2v) is 5.21. The van der Waals surface area contributed by atoms with Crippen molar-refractivity contribution in [2.24, 2.45) is 0 Å². The van der Waals surface area contributed by atoms with E-state index in [4.69, 9.17) is 9.47 Å². The molecule has 0 aliphatic carbocycles. The predicted octanol–water partition coefficient (Wildman–Crippen LogP) is 3.02. The van der Waals surface area contributed by atoms with E-state index >= 15 is 0 Å². The summed E-state index contributed by atoms with van der Waals surface area (Å²) in [5.74, 6) is -0.199. The van der Waals surface area contributed by atoms with Gasteiger partial charge in [-0.15, -0.1) is 0 Å². The van der Waals surface area contributed by atoms with Gasteiger partial charge < -0.3 is 14.8 Å². The fourth-order valence-electron chi connectivity index (χ4n) is 2.36. The van der Waals surface area contributed by atoms with Gasteiger partial charge >= 0.3 is 0 Å². The van der Waals surface area contributed by atoms with Crippen LogP contribution in [-0.2, 0) is 22.6 Å². The van der Waals surface area contributed by atoms with Crippen LogP contribution in [0.2, 0.25) is 0 Å². The molecule has 1 atom stereocenters. The molecule has 1 heterocycles. The lowest BCUT2D eigenvalue weighted by atomic mass is 10.1. The molecular weight excluding hydrogens is 257 g/mol. The molecule has 112 valence electrons. The summed E-state index contributed by atoms with van der Waals surface area (Å²) in [5.41, 5.74) is 1.71. The van der Waals surface area contributed by atoms with Crippen LogP contribution in [0.25, 0.3) is 0 Å². The molecule has 1 saturated heterocycles. The van der Waals surface area contributed by atoms with Crippen molar-refractivity contribution in [1.29, 1.82) is 0 Å². The highest BCUT2D eigenvalue weighted by molar-refractivity contribution is 5.24.